The number of benzene rings is 2. The lowest BCUT2D eigenvalue weighted by atomic mass is 9.84. The summed E-state index contributed by atoms with van der Waals surface area (Å²) in [5, 5.41) is 3.32. The number of nitrogens with one attached hydrogen (secondary N) is 1. The molecule has 0 fully saturated rings. The summed E-state index contributed by atoms with van der Waals surface area (Å²) < 4.78 is 13.3. The van der Waals surface area contributed by atoms with Gasteiger partial charge in [0.25, 0.3) is 0 Å². The molecule has 0 unspecified atom stereocenters. The summed E-state index contributed by atoms with van der Waals surface area (Å²) in [5.41, 5.74) is 8.31. The Morgan fingerprint density at radius 2 is 1.84 bits per heavy atom. The largest absolute Gasteiger partial charge is 0.397 e. The highest BCUT2D eigenvalue weighted by Gasteiger charge is 2.21. The van der Waals surface area contributed by atoms with Crippen molar-refractivity contribution in [3.8, 4) is 0 Å². The van der Waals surface area contributed by atoms with Crippen LogP contribution in [0.3, 0.4) is 0 Å². The van der Waals surface area contributed by atoms with Gasteiger partial charge in [-0.05, 0) is 29.8 Å². The second-order valence-corrected chi connectivity index (χ2v) is 5.34. The molecule has 2 aromatic carbocycles. The Morgan fingerprint density at radius 1 is 1.11 bits per heavy atom. The Morgan fingerprint density at radius 3 is 2.53 bits per heavy atom. The second kappa shape index (κ2) is 5.31. The van der Waals surface area contributed by atoms with Crippen LogP contribution in [0.1, 0.15) is 19.4 Å². The third kappa shape index (κ3) is 3.25. The fourth-order valence-corrected chi connectivity index (χ4v) is 1.99. The van der Waals surface area contributed by atoms with Crippen LogP contribution in [-0.4, -0.2) is 6.54 Å². The molecule has 19 heavy (non-hydrogen) atoms. The molecular weight excluding hydrogens is 239 g/mol. The zero-order chi connectivity index (χ0) is 13.9. The summed E-state index contributed by atoms with van der Waals surface area (Å²) >= 11 is 0. The molecule has 0 saturated carbocycles. The Bertz CT molecular complexity index is 564. The standard InChI is InChI=1S/C16H19FN2/c1-16(2,12-6-5-7-13(17)10-12)11-19-15-9-4-3-8-14(15)18/h3-10,19H,11,18H2,1-2H3. The number of hydrogen-bond acceptors (Lipinski definition) is 2. The molecule has 2 rings (SSSR count). The van der Waals surface area contributed by atoms with E-state index in [2.05, 4.69) is 19.2 Å². The van der Waals surface area contributed by atoms with Crippen LogP contribution in [0.2, 0.25) is 0 Å². The molecule has 0 aliphatic carbocycles. The molecule has 100 valence electrons. The lowest BCUT2D eigenvalue weighted by Gasteiger charge is -2.26. The van der Waals surface area contributed by atoms with Crippen molar-refractivity contribution in [2.45, 2.75) is 19.3 Å². The fraction of sp³-hybridized carbons (Fsp3) is 0.250. The van der Waals surface area contributed by atoms with Gasteiger partial charge >= 0.3 is 0 Å². The summed E-state index contributed by atoms with van der Waals surface area (Å²) in [5.74, 6) is -0.204. The highest BCUT2D eigenvalue weighted by molar-refractivity contribution is 5.65. The first-order valence-corrected chi connectivity index (χ1v) is 6.33. The van der Waals surface area contributed by atoms with E-state index in [0.717, 1.165) is 16.9 Å². The predicted molar refractivity (Wildman–Crippen MR) is 78.8 cm³/mol. The average Bonchev–Trinajstić information content (AvgIpc) is 2.38. The van der Waals surface area contributed by atoms with Crippen LogP contribution in [-0.2, 0) is 5.41 Å². The molecule has 0 atom stereocenters. The van der Waals surface area contributed by atoms with E-state index >= 15 is 0 Å². The SMILES string of the molecule is CC(C)(CNc1ccccc1N)c1cccc(F)c1. The number of anilines is 2. The molecule has 0 amide bonds. The van der Waals surface area contributed by atoms with Gasteiger partial charge < -0.3 is 11.1 Å². The van der Waals surface area contributed by atoms with Crippen molar-refractivity contribution >= 4 is 11.4 Å². The predicted octanol–water partition coefficient (Wildman–Crippen LogP) is 3.80. The van der Waals surface area contributed by atoms with Crippen LogP contribution >= 0.6 is 0 Å². The van der Waals surface area contributed by atoms with Crippen LogP contribution in [0.5, 0.6) is 0 Å². The molecule has 3 N–H and O–H groups in total. The monoisotopic (exact) mass is 258 g/mol. The van der Waals surface area contributed by atoms with Crippen molar-refractivity contribution < 1.29 is 4.39 Å². The van der Waals surface area contributed by atoms with Crippen LogP contribution < -0.4 is 11.1 Å². The molecule has 2 aromatic rings. The maximum Gasteiger partial charge on any atom is 0.123 e. The summed E-state index contributed by atoms with van der Waals surface area (Å²) in [6, 6.07) is 14.4. The van der Waals surface area contributed by atoms with Crippen molar-refractivity contribution in [3.05, 3.63) is 59.9 Å². The first kappa shape index (κ1) is 13.4. The van der Waals surface area contributed by atoms with Gasteiger partial charge in [-0.15, -0.1) is 0 Å². The molecule has 0 aromatic heterocycles. The van der Waals surface area contributed by atoms with Gasteiger partial charge in [-0.2, -0.15) is 0 Å². The summed E-state index contributed by atoms with van der Waals surface area (Å²) in [7, 11) is 0. The molecule has 0 saturated heterocycles. The van der Waals surface area contributed by atoms with Gasteiger partial charge in [0.05, 0.1) is 11.4 Å². The zero-order valence-corrected chi connectivity index (χ0v) is 11.3. The number of hydrogen-bond donors (Lipinski definition) is 2. The van der Waals surface area contributed by atoms with Gasteiger partial charge in [0, 0.05) is 12.0 Å². The molecule has 0 aliphatic heterocycles. The van der Waals surface area contributed by atoms with Crippen molar-refractivity contribution in [1.29, 1.82) is 0 Å². The van der Waals surface area contributed by atoms with Crippen molar-refractivity contribution in [2.75, 3.05) is 17.6 Å². The minimum atomic E-state index is -0.204. The van der Waals surface area contributed by atoms with Gasteiger partial charge in [0.1, 0.15) is 5.82 Å². The first-order chi connectivity index (χ1) is 8.99. The van der Waals surface area contributed by atoms with E-state index < -0.39 is 0 Å². The molecule has 0 spiro atoms. The maximum atomic E-state index is 13.3. The number of nitrogens with two attached hydrogens (primary N) is 1. The average molecular weight is 258 g/mol. The number of rotatable bonds is 4. The van der Waals surface area contributed by atoms with Crippen LogP contribution in [0.15, 0.2) is 48.5 Å². The second-order valence-electron chi connectivity index (χ2n) is 5.34. The minimum absolute atomic E-state index is 0.176. The van der Waals surface area contributed by atoms with Crippen LogP contribution in [0.25, 0.3) is 0 Å². The topological polar surface area (TPSA) is 38.0 Å². The van der Waals surface area contributed by atoms with E-state index in [9.17, 15) is 4.39 Å². The fourth-order valence-electron chi connectivity index (χ4n) is 1.99. The highest BCUT2D eigenvalue weighted by atomic mass is 19.1. The van der Waals surface area contributed by atoms with E-state index in [1.165, 1.54) is 6.07 Å². The lowest BCUT2D eigenvalue weighted by Crippen LogP contribution is -2.28. The number of halogens is 1. The molecule has 3 heteroatoms. The van der Waals surface area contributed by atoms with Gasteiger partial charge in [-0.1, -0.05) is 38.1 Å². The normalized spacial score (nSPS) is 11.3. The Kier molecular flexibility index (Phi) is 3.74. The summed E-state index contributed by atoms with van der Waals surface area (Å²) in [6.07, 6.45) is 0. The Balaban J connectivity index is 2.12. The first-order valence-electron chi connectivity index (χ1n) is 6.33. The third-order valence-electron chi connectivity index (χ3n) is 3.29. The molecule has 0 radical (unpaired) electrons. The van der Waals surface area contributed by atoms with Crippen molar-refractivity contribution in [1.82, 2.24) is 0 Å². The van der Waals surface area contributed by atoms with Gasteiger partial charge in [0.2, 0.25) is 0 Å². The highest BCUT2D eigenvalue weighted by Crippen LogP contribution is 2.25. The molecule has 0 aliphatic rings. The molecular formula is C16H19FN2. The van der Waals surface area contributed by atoms with E-state index in [0.29, 0.717) is 6.54 Å². The third-order valence-corrected chi connectivity index (χ3v) is 3.29. The number of para-hydroxylation sites is 2. The molecule has 0 bridgehead atoms. The maximum absolute atomic E-state index is 13.3. The van der Waals surface area contributed by atoms with Gasteiger partial charge in [-0.25, -0.2) is 4.39 Å². The van der Waals surface area contributed by atoms with E-state index in [1.807, 2.05) is 30.3 Å². The smallest absolute Gasteiger partial charge is 0.123 e. The van der Waals surface area contributed by atoms with Gasteiger partial charge in [0.15, 0.2) is 0 Å². The quantitative estimate of drug-likeness (QED) is 0.819. The minimum Gasteiger partial charge on any atom is -0.397 e. The molecule has 2 nitrogen and oxygen atoms in total. The van der Waals surface area contributed by atoms with Crippen LogP contribution in [0, 0.1) is 5.82 Å². The van der Waals surface area contributed by atoms with E-state index in [4.69, 9.17) is 5.73 Å². The summed E-state index contributed by atoms with van der Waals surface area (Å²) in [6.45, 7) is 4.84. The Labute approximate surface area is 113 Å². The lowest BCUT2D eigenvalue weighted by molar-refractivity contribution is 0.546. The van der Waals surface area contributed by atoms with E-state index in [1.54, 1.807) is 12.1 Å². The van der Waals surface area contributed by atoms with Crippen molar-refractivity contribution in [3.63, 3.8) is 0 Å². The zero-order valence-electron chi connectivity index (χ0n) is 11.3. The van der Waals surface area contributed by atoms with E-state index in [-0.39, 0.29) is 11.2 Å². The van der Waals surface area contributed by atoms with Crippen molar-refractivity contribution in [2.24, 2.45) is 0 Å². The Hall–Kier alpha value is -2.03. The summed E-state index contributed by atoms with van der Waals surface area (Å²) in [4.78, 5) is 0. The molecule has 0 heterocycles. The van der Waals surface area contributed by atoms with Crippen LogP contribution in [0.4, 0.5) is 15.8 Å². The number of nitrogen functional groups attached to an aromatic ring is 1. The van der Waals surface area contributed by atoms with Gasteiger partial charge in [-0.3, -0.25) is 0 Å².